The molecule has 144 valence electrons. The maximum atomic E-state index is 13.6. The second-order valence-electron chi connectivity index (χ2n) is 6.48. The number of rotatable bonds is 4. The average molecular weight is 383 g/mol. The van der Waals surface area contributed by atoms with Crippen LogP contribution in [0.15, 0.2) is 51.7 Å². The average Bonchev–Trinajstić information content (AvgIpc) is 2.65. The summed E-state index contributed by atoms with van der Waals surface area (Å²) >= 11 is 0. The third-order valence-electron chi connectivity index (χ3n) is 4.18. The van der Waals surface area contributed by atoms with Crippen molar-refractivity contribution in [1.29, 1.82) is 0 Å². The zero-order valence-corrected chi connectivity index (χ0v) is 15.5. The highest BCUT2D eigenvalue weighted by Crippen LogP contribution is 2.16. The molecule has 3 aromatic rings. The zero-order valence-electron chi connectivity index (χ0n) is 15.5. The van der Waals surface area contributed by atoms with Crippen LogP contribution >= 0.6 is 0 Å². The van der Waals surface area contributed by atoms with E-state index in [1.807, 2.05) is 6.92 Å². The number of benzene rings is 2. The Kier molecular flexibility index (Phi) is 5.26. The van der Waals surface area contributed by atoms with Gasteiger partial charge in [-0.1, -0.05) is 17.7 Å². The van der Waals surface area contributed by atoms with E-state index < -0.39 is 23.8 Å². The van der Waals surface area contributed by atoms with Crippen LogP contribution in [0.1, 0.15) is 28.6 Å². The molecular formula is C21H18FNO5. The van der Waals surface area contributed by atoms with Gasteiger partial charge in [0, 0.05) is 11.8 Å². The van der Waals surface area contributed by atoms with Crippen molar-refractivity contribution in [3.63, 3.8) is 0 Å². The van der Waals surface area contributed by atoms with Gasteiger partial charge in [-0.05, 0) is 50.6 Å². The topological polar surface area (TPSA) is 85.6 Å². The fourth-order valence-corrected chi connectivity index (χ4v) is 2.56. The van der Waals surface area contributed by atoms with Crippen molar-refractivity contribution in [3.05, 3.63) is 75.4 Å². The third-order valence-corrected chi connectivity index (χ3v) is 4.18. The lowest BCUT2D eigenvalue weighted by molar-refractivity contribution is -0.123. The summed E-state index contributed by atoms with van der Waals surface area (Å²) in [4.78, 5) is 36.7. The summed E-state index contributed by atoms with van der Waals surface area (Å²) in [7, 11) is 0. The number of anilines is 1. The molecule has 0 saturated carbocycles. The van der Waals surface area contributed by atoms with Crippen LogP contribution < -0.4 is 10.7 Å². The van der Waals surface area contributed by atoms with E-state index in [1.54, 1.807) is 25.1 Å². The van der Waals surface area contributed by atoms with Crippen LogP contribution in [0.3, 0.4) is 0 Å². The van der Waals surface area contributed by atoms with Crippen molar-refractivity contribution in [2.45, 2.75) is 26.9 Å². The Bertz CT molecular complexity index is 1140. The number of amides is 1. The maximum Gasteiger partial charge on any atom is 0.375 e. The number of halogens is 1. The van der Waals surface area contributed by atoms with Gasteiger partial charge in [-0.3, -0.25) is 9.59 Å². The zero-order chi connectivity index (χ0) is 20.4. The second-order valence-corrected chi connectivity index (χ2v) is 6.48. The van der Waals surface area contributed by atoms with E-state index in [-0.39, 0.29) is 22.5 Å². The molecule has 0 radical (unpaired) electrons. The molecule has 0 fully saturated rings. The number of carbonyl (C=O) groups excluding carboxylic acids is 2. The molecule has 1 atom stereocenters. The Hall–Kier alpha value is -3.48. The highest BCUT2D eigenvalue weighted by Gasteiger charge is 2.22. The summed E-state index contributed by atoms with van der Waals surface area (Å²) in [5.41, 5.74) is 1.43. The molecule has 0 aliphatic heterocycles. The third kappa shape index (κ3) is 4.09. The van der Waals surface area contributed by atoms with E-state index in [9.17, 15) is 18.8 Å². The quantitative estimate of drug-likeness (QED) is 0.694. The summed E-state index contributed by atoms with van der Waals surface area (Å²) in [6, 6.07) is 10.3. The van der Waals surface area contributed by atoms with Crippen molar-refractivity contribution in [3.8, 4) is 0 Å². The van der Waals surface area contributed by atoms with Gasteiger partial charge in [0.05, 0.1) is 5.39 Å². The molecule has 2 aromatic carbocycles. The molecule has 0 unspecified atom stereocenters. The Morgan fingerprint density at radius 3 is 2.57 bits per heavy atom. The van der Waals surface area contributed by atoms with Gasteiger partial charge in [0.25, 0.3) is 5.91 Å². The molecule has 1 aromatic heterocycles. The van der Waals surface area contributed by atoms with Crippen molar-refractivity contribution in [2.75, 3.05) is 5.32 Å². The van der Waals surface area contributed by atoms with E-state index in [2.05, 4.69) is 5.32 Å². The van der Waals surface area contributed by atoms with Crippen LogP contribution in [0, 0.1) is 19.7 Å². The molecular weight excluding hydrogens is 365 g/mol. The largest absolute Gasteiger partial charge is 0.449 e. The molecule has 1 N–H and O–H groups in total. The molecule has 1 amide bonds. The number of aryl methyl sites for hydroxylation is 2. The van der Waals surface area contributed by atoms with Crippen LogP contribution in [0.4, 0.5) is 10.1 Å². The molecule has 28 heavy (non-hydrogen) atoms. The first-order chi connectivity index (χ1) is 13.2. The molecule has 0 spiro atoms. The monoisotopic (exact) mass is 383 g/mol. The predicted molar refractivity (Wildman–Crippen MR) is 102 cm³/mol. The molecule has 0 saturated heterocycles. The normalized spacial score (nSPS) is 11.9. The van der Waals surface area contributed by atoms with Crippen molar-refractivity contribution >= 4 is 28.5 Å². The first-order valence-corrected chi connectivity index (χ1v) is 8.57. The van der Waals surface area contributed by atoms with Gasteiger partial charge in [0.15, 0.2) is 11.5 Å². The molecule has 0 bridgehead atoms. The van der Waals surface area contributed by atoms with Crippen molar-refractivity contribution < 1.29 is 23.1 Å². The summed E-state index contributed by atoms with van der Waals surface area (Å²) in [6.07, 6.45) is -1.18. The lowest BCUT2D eigenvalue weighted by Crippen LogP contribution is -2.30. The predicted octanol–water partition coefficient (Wildman–Crippen LogP) is 3.73. The standard InChI is InChI=1S/C21H18FNO5/c1-11-4-7-18-15(8-11)17(24)10-19(28-18)21(26)27-13(3)20(25)23-14-6-5-12(2)16(22)9-14/h4-10,13H,1-3H3,(H,23,25)/t13-/m0/s1. The Morgan fingerprint density at radius 1 is 1.11 bits per heavy atom. The minimum absolute atomic E-state index is 0.239. The molecule has 7 heteroatoms. The number of carbonyl (C=O) groups is 2. The number of hydrogen-bond acceptors (Lipinski definition) is 5. The van der Waals surface area contributed by atoms with Crippen LogP contribution in [0.25, 0.3) is 11.0 Å². The first-order valence-electron chi connectivity index (χ1n) is 8.57. The smallest absolute Gasteiger partial charge is 0.375 e. The lowest BCUT2D eigenvalue weighted by Gasteiger charge is -2.13. The summed E-state index contributed by atoms with van der Waals surface area (Å²) in [5, 5.41) is 2.82. The van der Waals surface area contributed by atoms with Crippen LogP contribution in [0.5, 0.6) is 0 Å². The molecule has 1 heterocycles. The van der Waals surface area contributed by atoms with Crippen molar-refractivity contribution in [1.82, 2.24) is 0 Å². The minimum Gasteiger partial charge on any atom is -0.449 e. The number of fused-ring (bicyclic) bond motifs is 1. The molecule has 0 aliphatic rings. The van der Waals surface area contributed by atoms with Crippen LogP contribution in [-0.4, -0.2) is 18.0 Å². The van der Waals surface area contributed by atoms with Gasteiger partial charge in [0.1, 0.15) is 11.4 Å². The molecule has 3 rings (SSSR count). The number of hydrogen-bond donors (Lipinski definition) is 1. The van der Waals surface area contributed by atoms with Gasteiger partial charge in [-0.25, -0.2) is 9.18 Å². The summed E-state index contributed by atoms with van der Waals surface area (Å²) < 4.78 is 24.1. The van der Waals surface area contributed by atoms with Gasteiger partial charge >= 0.3 is 5.97 Å². The Morgan fingerprint density at radius 2 is 1.86 bits per heavy atom. The first kappa shape index (κ1) is 19.3. The lowest BCUT2D eigenvalue weighted by atomic mass is 10.1. The van der Waals surface area contributed by atoms with Gasteiger partial charge < -0.3 is 14.5 Å². The summed E-state index contributed by atoms with van der Waals surface area (Å²) in [5.74, 6) is -2.36. The van der Waals surface area contributed by atoms with E-state index in [0.717, 1.165) is 11.6 Å². The fourth-order valence-electron chi connectivity index (χ4n) is 2.56. The van der Waals surface area contributed by atoms with Gasteiger partial charge in [-0.15, -0.1) is 0 Å². The SMILES string of the molecule is Cc1ccc2oc(C(=O)O[C@@H](C)C(=O)Nc3ccc(C)c(F)c3)cc(=O)c2c1. The summed E-state index contributed by atoms with van der Waals surface area (Å²) in [6.45, 7) is 4.80. The minimum atomic E-state index is -1.18. The van der Waals surface area contributed by atoms with Gasteiger partial charge in [-0.2, -0.15) is 0 Å². The second kappa shape index (κ2) is 7.64. The number of ether oxygens (including phenoxy) is 1. The highest BCUT2D eigenvalue weighted by molar-refractivity contribution is 5.97. The van der Waals surface area contributed by atoms with Gasteiger partial charge in [0.2, 0.25) is 5.76 Å². The maximum absolute atomic E-state index is 13.6. The molecule has 6 nitrogen and oxygen atoms in total. The van der Waals surface area contributed by atoms with Crippen LogP contribution in [0.2, 0.25) is 0 Å². The number of nitrogens with one attached hydrogen (secondary N) is 1. The van der Waals surface area contributed by atoms with E-state index in [0.29, 0.717) is 10.9 Å². The Labute approximate surface area is 159 Å². The Balaban J connectivity index is 1.73. The van der Waals surface area contributed by atoms with Crippen LogP contribution in [-0.2, 0) is 9.53 Å². The van der Waals surface area contributed by atoms with E-state index in [1.165, 1.54) is 25.1 Å². The number of esters is 1. The highest BCUT2D eigenvalue weighted by atomic mass is 19.1. The van der Waals surface area contributed by atoms with E-state index >= 15 is 0 Å². The molecule has 0 aliphatic carbocycles. The van der Waals surface area contributed by atoms with E-state index in [4.69, 9.17) is 9.15 Å². The van der Waals surface area contributed by atoms with Crippen molar-refractivity contribution in [2.24, 2.45) is 0 Å². The fraction of sp³-hybridized carbons (Fsp3) is 0.190.